The van der Waals surface area contributed by atoms with E-state index >= 15 is 0 Å². The zero-order chi connectivity index (χ0) is 27.2. The lowest BCUT2D eigenvalue weighted by molar-refractivity contribution is -0.141. The predicted molar refractivity (Wildman–Crippen MR) is 117 cm³/mol. The van der Waals surface area contributed by atoms with Gasteiger partial charge in [-0.1, -0.05) is 18.2 Å². The fraction of sp³-hybridized carbons (Fsp3) is 0.240. The third kappa shape index (κ3) is 5.13. The molecule has 194 valence electrons. The van der Waals surface area contributed by atoms with Crippen LogP contribution in [0.5, 0.6) is 0 Å². The number of methoxy groups -OCH3 is 1. The first-order chi connectivity index (χ1) is 17.3. The van der Waals surface area contributed by atoms with Crippen molar-refractivity contribution in [2.45, 2.75) is 30.6 Å². The van der Waals surface area contributed by atoms with Gasteiger partial charge in [0.25, 0.3) is 0 Å². The number of nitrogens with zero attached hydrogens (tertiary/aromatic N) is 1. The van der Waals surface area contributed by atoms with E-state index in [0.717, 1.165) is 31.5 Å². The van der Waals surface area contributed by atoms with Crippen molar-refractivity contribution >= 4 is 17.6 Å². The highest BCUT2D eigenvalue weighted by Crippen LogP contribution is 2.50. The number of hydrogen-bond donors (Lipinski definition) is 1. The molecule has 37 heavy (non-hydrogen) atoms. The molecule has 1 fully saturated rings. The Morgan fingerprint density at radius 1 is 0.946 bits per heavy atom. The molecule has 1 heterocycles. The molecule has 1 saturated carbocycles. The number of amides is 1. The molecule has 0 saturated heterocycles. The molecule has 5 nitrogen and oxygen atoms in total. The van der Waals surface area contributed by atoms with Gasteiger partial charge in [0, 0.05) is 23.0 Å². The zero-order valence-electron chi connectivity index (χ0n) is 18.9. The lowest BCUT2D eigenvalue weighted by Gasteiger charge is -2.18. The molecule has 1 amide bonds. The van der Waals surface area contributed by atoms with Gasteiger partial charge >= 0.3 is 18.3 Å². The van der Waals surface area contributed by atoms with Crippen LogP contribution < -0.4 is 5.32 Å². The molecule has 0 aliphatic heterocycles. The molecule has 0 atom stereocenters. The minimum atomic E-state index is -4.74. The number of esters is 1. The topological polar surface area (TPSA) is 68.3 Å². The molecule has 0 bridgehead atoms. The van der Waals surface area contributed by atoms with Gasteiger partial charge in [0.2, 0.25) is 5.91 Å². The maximum atomic E-state index is 14.6. The molecular formula is C25H17F7N2O3. The molecule has 1 aliphatic carbocycles. The molecule has 1 N–H and O–H groups in total. The first kappa shape index (κ1) is 26.1. The Balaban J connectivity index is 1.62. The van der Waals surface area contributed by atoms with Crippen molar-refractivity contribution in [3.8, 4) is 11.1 Å². The van der Waals surface area contributed by atoms with E-state index in [9.17, 15) is 40.3 Å². The van der Waals surface area contributed by atoms with Crippen molar-refractivity contribution in [2.24, 2.45) is 0 Å². The number of carbonyl (C=O) groups is 2. The molecule has 0 spiro atoms. The molecule has 4 rings (SSSR count). The van der Waals surface area contributed by atoms with Crippen LogP contribution in [0.1, 0.15) is 40.0 Å². The highest BCUT2D eigenvalue weighted by atomic mass is 19.4. The summed E-state index contributed by atoms with van der Waals surface area (Å²) in [7, 11) is 1.09. The van der Waals surface area contributed by atoms with E-state index in [0.29, 0.717) is 12.1 Å². The molecular weight excluding hydrogens is 509 g/mol. The monoisotopic (exact) mass is 526 g/mol. The van der Waals surface area contributed by atoms with E-state index in [2.05, 4.69) is 10.3 Å². The van der Waals surface area contributed by atoms with Crippen molar-refractivity contribution in [2.75, 3.05) is 12.4 Å². The second kappa shape index (κ2) is 9.16. The summed E-state index contributed by atoms with van der Waals surface area (Å²) in [5.41, 5.74) is -3.50. The summed E-state index contributed by atoms with van der Waals surface area (Å²) in [4.78, 5) is 28.8. The third-order valence-corrected chi connectivity index (χ3v) is 6.04. The highest BCUT2D eigenvalue weighted by Gasteiger charge is 2.53. The number of nitrogens with one attached hydrogen (secondary N) is 1. The van der Waals surface area contributed by atoms with Crippen LogP contribution in [-0.4, -0.2) is 24.0 Å². The summed E-state index contributed by atoms with van der Waals surface area (Å²) in [5.74, 6) is -2.70. The first-order valence-electron chi connectivity index (χ1n) is 10.7. The standard InChI is InChI=1S/C25H17F7N2O3/c1-37-21(35)17-11-15(4-5-16(17)13-2-7-20(33-12-13)25(30,31)32)34-22(36)23(8-9-23)18-6-3-14(10-19(18)26)24(27,28)29/h2-7,10-12H,8-9H2,1H3,(H,34,36). The van der Waals surface area contributed by atoms with E-state index in [4.69, 9.17) is 4.74 Å². The third-order valence-electron chi connectivity index (χ3n) is 6.04. The second-order valence-corrected chi connectivity index (χ2v) is 8.41. The number of pyridine rings is 1. The van der Waals surface area contributed by atoms with Gasteiger partial charge in [-0.15, -0.1) is 0 Å². The fourth-order valence-corrected chi connectivity index (χ4v) is 3.95. The number of hydrogen-bond acceptors (Lipinski definition) is 4. The summed E-state index contributed by atoms with van der Waals surface area (Å²) >= 11 is 0. The zero-order valence-corrected chi connectivity index (χ0v) is 18.9. The van der Waals surface area contributed by atoms with Crippen LogP contribution >= 0.6 is 0 Å². The van der Waals surface area contributed by atoms with E-state index in [-0.39, 0.29) is 40.8 Å². The molecule has 12 heteroatoms. The van der Waals surface area contributed by atoms with E-state index in [1.54, 1.807) is 0 Å². The number of aromatic nitrogens is 1. The van der Waals surface area contributed by atoms with E-state index in [1.807, 2.05) is 0 Å². The van der Waals surface area contributed by atoms with Crippen LogP contribution in [0.4, 0.5) is 36.4 Å². The second-order valence-electron chi connectivity index (χ2n) is 8.41. The SMILES string of the molecule is COC(=O)c1cc(NC(=O)C2(c3ccc(C(F)(F)F)cc3F)CC2)ccc1-c1ccc(C(F)(F)F)nc1. The molecule has 1 aromatic heterocycles. The quantitative estimate of drug-likeness (QED) is 0.310. The van der Waals surface area contributed by atoms with E-state index in [1.165, 1.54) is 18.2 Å². The average molecular weight is 526 g/mol. The minimum absolute atomic E-state index is 0.0904. The molecule has 0 unspecified atom stereocenters. The lowest BCUT2D eigenvalue weighted by Crippen LogP contribution is -2.29. The minimum Gasteiger partial charge on any atom is -0.465 e. The number of alkyl halides is 6. The maximum Gasteiger partial charge on any atom is 0.433 e. The smallest absolute Gasteiger partial charge is 0.433 e. The summed E-state index contributed by atoms with van der Waals surface area (Å²) in [6, 6.07) is 7.82. The van der Waals surface area contributed by atoms with Crippen molar-refractivity contribution in [1.29, 1.82) is 0 Å². The van der Waals surface area contributed by atoms with Crippen molar-refractivity contribution < 1.29 is 45.1 Å². The average Bonchev–Trinajstić information content (AvgIpc) is 3.64. The van der Waals surface area contributed by atoms with Crippen LogP contribution in [0, 0.1) is 5.82 Å². The van der Waals surface area contributed by atoms with Crippen molar-refractivity contribution in [3.63, 3.8) is 0 Å². The van der Waals surface area contributed by atoms with Gasteiger partial charge < -0.3 is 10.1 Å². The van der Waals surface area contributed by atoms with Crippen LogP contribution in [0.2, 0.25) is 0 Å². The van der Waals surface area contributed by atoms with Crippen LogP contribution in [0.25, 0.3) is 11.1 Å². The van der Waals surface area contributed by atoms with Crippen LogP contribution in [0.3, 0.4) is 0 Å². The lowest BCUT2D eigenvalue weighted by atomic mass is 9.93. The molecule has 1 aliphatic rings. The van der Waals surface area contributed by atoms with E-state index < -0.39 is 46.7 Å². The summed E-state index contributed by atoms with van der Waals surface area (Å²) in [6.07, 6.45) is -8.06. The van der Waals surface area contributed by atoms with Gasteiger partial charge in [0.1, 0.15) is 11.5 Å². The van der Waals surface area contributed by atoms with Gasteiger partial charge in [-0.3, -0.25) is 9.78 Å². The number of anilines is 1. The Hall–Kier alpha value is -3.96. The van der Waals surface area contributed by atoms with Gasteiger partial charge in [-0.2, -0.15) is 26.3 Å². The van der Waals surface area contributed by atoms with Gasteiger partial charge in [0.05, 0.1) is 23.7 Å². The van der Waals surface area contributed by atoms with Crippen molar-refractivity contribution in [1.82, 2.24) is 4.98 Å². The number of ether oxygens (including phenoxy) is 1. The summed E-state index contributed by atoms with van der Waals surface area (Å²) in [6.45, 7) is 0. The molecule has 2 aromatic carbocycles. The number of carbonyl (C=O) groups excluding carboxylic acids is 2. The Bertz CT molecular complexity index is 1360. The number of halogens is 7. The highest BCUT2D eigenvalue weighted by molar-refractivity contribution is 6.04. The maximum absolute atomic E-state index is 14.6. The Morgan fingerprint density at radius 2 is 1.65 bits per heavy atom. The van der Waals surface area contributed by atoms with Crippen molar-refractivity contribution in [3.05, 3.63) is 82.9 Å². The number of benzene rings is 2. The summed E-state index contributed by atoms with van der Waals surface area (Å²) < 4.78 is 96.4. The van der Waals surface area contributed by atoms with Crippen LogP contribution in [-0.2, 0) is 27.3 Å². The largest absolute Gasteiger partial charge is 0.465 e. The predicted octanol–water partition coefficient (Wildman–Crippen LogP) is 6.38. The summed E-state index contributed by atoms with van der Waals surface area (Å²) in [5, 5.41) is 2.54. The van der Waals surface area contributed by atoms with Gasteiger partial charge in [-0.05, 0) is 48.7 Å². The molecule has 0 radical (unpaired) electrons. The van der Waals surface area contributed by atoms with Gasteiger partial charge in [0.15, 0.2) is 0 Å². The normalized spacial score (nSPS) is 14.7. The number of rotatable bonds is 5. The first-order valence-corrected chi connectivity index (χ1v) is 10.7. The Labute approximate surface area is 205 Å². The Morgan fingerprint density at radius 3 is 2.16 bits per heavy atom. The fourth-order valence-electron chi connectivity index (χ4n) is 3.95. The van der Waals surface area contributed by atoms with Crippen LogP contribution in [0.15, 0.2) is 54.7 Å². The Kier molecular flexibility index (Phi) is 6.47. The molecule has 3 aromatic rings. The van der Waals surface area contributed by atoms with Gasteiger partial charge in [-0.25, -0.2) is 9.18 Å².